The zero-order valence-electron chi connectivity index (χ0n) is 11.2. The molecule has 0 radical (unpaired) electrons. The number of rotatable bonds is 10. The van der Waals surface area contributed by atoms with Gasteiger partial charge in [-0.25, -0.2) is 4.98 Å². The summed E-state index contributed by atoms with van der Waals surface area (Å²) in [6, 6.07) is 1.72. The Kier molecular flexibility index (Phi) is 8.64. The number of halogens is 1. The minimum absolute atomic E-state index is 0.445. The van der Waals surface area contributed by atoms with Crippen LogP contribution in [0.25, 0.3) is 0 Å². The van der Waals surface area contributed by atoms with Crippen LogP contribution in [-0.2, 0) is 14.2 Å². The third kappa shape index (κ3) is 8.10. The average Bonchev–Trinajstić information content (AvgIpc) is 2.36. The van der Waals surface area contributed by atoms with E-state index in [1.54, 1.807) is 13.2 Å². The van der Waals surface area contributed by atoms with E-state index in [1.807, 2.05) is 6.92 Å². The Hall–Kier alpha value is -0.760. The molecule has 0 atom stereocenters. The third-order valence-electron chi connectivity index (χ3n) is 2.06. The first-order chi connectivity index (χ1) is 9.22. The first kappa shape index (κ1) is 16.3. The molecule has 0 aliphatic heterocycles. The normalized spacial score (nSPS) is 10.7. The Morgan fingerprint density at radius 2 is 1.63 bits per heavy atom. The lowest BCUT2D eigenvalue weighted by molar-refractivity contribution is 0.0176. The Balaban J connectivity index is 2.01. The summed E-state index contributed by atoms with van der Waals surface area (Å²) in [5.41, 5.74) is 0. The molecular weight excluding hydrogens is 316 g/mol. The summed E-state index contributed by atoms with van der Waals surface area (Å²) >= 11 is 3.29. The van der Waals surface area contributed by atoms with Gasteiger partial charge in [-0.05, 0) is 22.9 Å². The lowest BCUT2D eigenvalue weighted by Crippen LogP contribution is -2.12. The summed E-state index contributed by atoms with van der Waals surface area (Å²) in [6.07, 6.45) is 0. The topological polar surface area (TPSA) is 62.7 Å². The summed E-state index contributed by atoms with van der Waals surface area (Å²) in [4.78, 5) is 8.24. The van der Waals surface area contributed by atoms with Crippen LogP contribution in [-0.4, -0.2) is 56.7 Å². The van der Waals surface area contributed by atoms with Gasteiger partial charge in [-0.15, -0.1) is 0 Å². The van der Waals surface area contributed by atoms with Crippen molar-refractivity contribution in [3.63, 3.8) is 0 Å². The maximum Gasteiger partial charge on any atom is 0.217 e. The van der Waals surface area contributed by atoms with E-state index in [1.165, 1.54) is 0 Å². The van der Waals surface area contributed by atoms with Gasteiger partial charge in [-0.2, -0.15) is 4.98 Å². The number of nitrogens with zero attached hydrogens (tertiary/aromatic N) is 2. The van der Waals surface area contributed by atoms with E-state index in [0.29, 0.717) is 55.9 Å². The van der Waals surface area contributed by atoms with Crippen LogP contribution in [0.5, 0.6) is 5.88 Å². The van der Waals surface area contributed by atoms with E-state index in [9.17, 15) is 0 Å². The van der Waals surface area contributed by atoms with Gasteiger partial charge in [0.15, 0.2) is 0 Å². The van der Waals surface area contributed by atoms with Crippen LogP contribution in [0.15, 0.2) is 10.7 Å². The maximum atomic E-state index is 5.45. The van der Waals surface area contributed by atoms with E-state index < -0.39 is 0 Å². The molecule has 6 nitrogen and oxygen atoms in total. The Bertz CT molecular complexity index is 345. The zero-order valence-corrected chi connectivity index (χ0v) is 12.8. The number of hydrogen-bond donors (Lipinski definition) is 0. The molecule has 0 bridgehead atoms. The maximum absolute atomic E-state index is 5.45. The van der Waals surface area contributed by atoms with Gasteiger partial charge in [0, 0.05) is 13.2 Å². The van der Waals surface area contributed by atoms with Crippen LogP contribution in [0.3, 0.4) is 0 Å². The molecule has 0 aliphatic carbocycles. The van der Waals surface area contributed by atoms with Gasteiger partial charge in [-0.3, -0.25) is 0 Å². The molecule has 0 spiro atoms. The molecule has 0 aromatic carbocycles. The van der Waals surface area contributed by atoms with Crippen molar-refractivity contribution in [1.29, 1.82) is 0 Å². The number of methoxy groups -OCH3 is 1. The fourth-order valence-electron chi connectivity index (χ4n) is 1.25. The summed E-state index contributed by atoms with van der Waals surface area (Å²) in [5, 5.41) is 0. The smallest absolute Gasteiger partial charge is 0.217 e. The van der Waals surface area contributed by atoms with Gasteiger partial charge in [0.05, 0.1) is 33.0 Å². The molecule has 0 unspecified atom stereocenters. The standard InChI is InChI=1S/C12H19BrN2O4/c1-10-14-11(13)9-12(15-10)19-8-7-18-6-5-17-4-3-16-2/h9H,3-8H2,1-2H3. The van der Waals surface area contributed by atoms with E-state index in [4.69, 9.17) is 18.9 Å². The number of hydrogen-bond acceptors (Lipinski definition) is 6. The average molecular weight is 335 g/mol. The van der Waals surface area contributed by atoms with Crippen molar-refractivity contribution in [2.45, 2.75) is 6.92 Å². The van der Waals surface area contributed by atoms with Crippen molar-refractivity contribution >= 4 is 15.9 Å². The number of ether oxygens (including phenoxy) is 4. The predicted octanol–water partition coefficient (Wildman–Crippen LogP) is 1.61. The van der Waals surface area contributed by atoms with Crippen LogP contribution in [0.1, 0.15) is 5.82 Å². The van der Waals surface area contributed by atoms with Crippen LogP contribution < -0.4 is 4.74 Å². The molecule has 0 N–H and O–H groups in total. The molecule has 1 heterocycles. The van der Waals surface area contributed by atoms with Gasteiger partial charge < -0.3 is 18.9 Å². The second-order valence-electron chi connectivity index (χ2n) is 3.64. The molecule has 0 saturated carbocycles. The van der Waals surface area contributed by atoms with E-state index in [0.717, 1.165) is 0 Å². The van der Waals surface area contributed by atoms with Crippen LogP contribution in [0.2, 0.25) is 0 Å². The lowest BCUT2D eigenvalue weighted by Gasteiger charge is -2.07. The molecular formula is C12H19BrN2O4. The Labute approximate surface area is 121 Å². The summed E-state index contributed by atoms with van der Waals surface area (Å²) in [6.45, 7) is 5.04. The minimum Gasteiger partial charge on any atom is -0.475 e. The second kappa shape index (κ2) is 10.1. The van der Waals surface area contributed by atoms with Crippen LogP contribution in [0.4, 0.5) is 0 Å². The summed E-state index contributed by atoms with van der Waals surface area (Å²) in [7, 11) is 1.64. The lowest BCUT2D eigenvalue weighted by atomic mass is 10.6. The highest BCUT2D eigenvalue weighted by atomic mass is 79.9. The molecule has 0 amide bonds. The van der Waals surface area contributed by atoms with Gasteiger partial charge in [0.1, 0.15) is 17.0 Å². The van der Waals surface area contributed by atoms with E-state index in [2.05, 4.69) is 25.9 Å². The molecule has 7 heteroatoms. The minimum atomic E-state index is 0.445. The highest BCUT2D eigenvalue weighted by Gasteiger charge is 2.00. The first-order valence-electron chi connectivity index (χ1n) is 6.01. The molecule has 108 valence electrons. The zero-order chi connectivity index (χ0) is 13.9. The molecule has 1 rings (SSSR count). The highest BCUT2D eigenvalue weighted by Crippen LogP contribution is 2.13. The van der Waals surface area contributed by atoms with Crippen molar-refractivity contribution < 1.29 is 18.9 Å². The van der Waals surface area contributed by atoms with Gasteiger partial charge in [0.25, 0.3) is 0 Å². The summed E-state index contributed by atoms with van der Waals surface area (Å²) < 4.78 is 21.6. The van der Waals surface area contributed by atoms with Gasteiger partial charge >= 0.3 is 0 Å². The van der Waals surface area contributed by atoms with Gasteiger partial charge in [-0.1, -0.05) is 0 Å². The number of aryl methyl sites for hydroxylation is 1. The van der Waals surface area contributed by atoms with E-state index in [-0.39, 0.29) is 0 Å². The third-order valence-corrected chi connectivity index (χ3v) is 2.47. The quantitative estimate of drug-likeness (QED) is 0.478. The highest BCUT2D eigenvalue weighted by molar-refractivity contribution is 9.10. The Morgan fingerprint density at radius 1 is 1.00 bits per heavy atom. The largest absolute Gasteiger partial charge is 0.475 e. The first-order valence-corrected chi connectivity index (χ1v) is 6.80. The molecule has 0 saturated heterocycles. The Morgan fingerprint density at radius 3 is 2.26 bits per heavy atom. The predicted molar refractivity (Wildman–Crippen MR) is 73.5 cm³/mol. The van der Waals surface area contributed by atoms with Crippen LogP contribution >= 0.6 is 15.9 Å². The fourth-order valence-corrected chi connectivity index (χ4v) is 1.70. The molecule has 0 aliphatic rings. The van der Waals surface area contributed by atoms with Crippen molar-refractivity contribution in [2.24, 2.45) is 0 Å². The second-order valence-corrected chi connectivity index (χ2v) is 4.45. The summed E-state index contributed by atoms with van der Waals surface area (Å²) in [5.74, 6) is 1.20. The molecule has 19 heavy (non-hydrogen) atoms. The monoisotopic (exact) mass is 334 g/mol. The molecule has 1 aromatic heterocycles. The van der Waals surface area contributed by atoms with Crippen molar-refractivity contribution in [2.75, 3.05) is 46.8 Å². The number of aromatic nitrogens is 2. The van der Waals surface area contributed by atoms with Crippen LogP contribution in [0, 0.1) is 6.92 Å². The van der Waals surface area contributed by atoms with Gasteiger partial charge in [0.2, 0.25) is 5.88 Å². The fraction of sp³-hybridized carbons (Fsp3) is 0.667. The molecule has 0 fully saturated rings. The van der Waals surface area contributed by atoms with Crippen molar-refractivity contribution in [1.82, 2.24) is 9.97 Å². The molecule has 1 aromatic rings. The van der Waals surface area contributed by atoms with Crippen molar-refractivity contribution in [3.8, 4) is 5.88 Å². The van der Waals surface area contributed by atoms with Crippen molar-refractivity contribution in [3.05, 3.63) is 16.5 Å². The van der Waals surface area contributed by atoms with E-state index >= 15 is 0 Å². The SMILES string of the molecule is COCCOCCOCCOc1cc(Br)nc(C)n1.